The second-order valence-electron chi connectivity index (χ2n) is 3.56. The van der Waals surface area contributed by atoms with Gasteiger partial charge in [-0.15, -0.1) is 0 Å². The minimum absolute atomic E-state index is 0.110. The normalized spacial score (nSPS) is 19.0. The van der Waals surface area contributed by atoms with Crippen LogP contribution in [0.1, 0.15) is 22.3 Å². The van der Waals surface area contributed by atoms with E-state index in [2.05, 4.69) is 4.99 Å². The zero-order valence-electron chi connectivity index (χ0n) is 7.73. The number of benzene rings is 1. The summed E-state index contributed by atoms with van der Waals surface area (Å²) in [5.74, 6) is 0.982. The lowest BCUT2D eigenvalue weighted by molar-refractivity contribution is 0.0855. The second kappa shape index (κ2) is 2.67. The van der Waals surface area contributed by atoms with Crippen molar-refractivity contribution in [2.75, 3.05) is 13.1 Å². The van der Waals surface area contributed by atoms with Crippen LogP contribution in [0.2, 0.25) is 0 Å². The quantitative estimate of drug-likeness (QED) is 0.601. The maximum Gasteiger partial charge on any atom is 0.260 e. The number of rotatable bonds is 0. The third kappa shape index (κ3) is 0.867. The molecule has 1 aromatic rings. The van der Waals surface area contributed by atoms with Gasteiger partial charge in [-0.2, -0.15) is 0 Å². The van der Waals surface area contributed by atoms with E-state index in [0.29, 0.717) is 0 Å². The monoisotopic (exact) mass is 186 g/mol. The molecular weight excluding hydrogens is 176 g/mol. The van der Waals surface area contributed by atoms with Crippen molar-refractivity contribution in [1.82, 2.24) is 4.90 Å². The van der Waals surface area contributed by atoms with Gasteiger partial charge in [0.1, 0.15) is 5.84 Å². The van der Waals surface area contributed by atoms with E-state index >= 15 is 0 Å². The van der Waals surface area contributed by atoms with Gasteiger partial charge in [-0.3, -0.25) is 14.7 Å². The van der Waals surface area contributed by atoms with Gasteiger partial charge in [0, 0.05) is 18.7 Å². The highest BCUT2D eigenvalue weighted by Crippen LogP contribution is 2.25. The molecule has 3 heteroatoms. The molecule has 2 aliphatic rings. The molecule has 70 valence electrons. The van der Waals surface area contributed by atoms with Crippen LogP contribution in [0.5, 0.6) is 0 Å². The lowest BCUT2D eigenvalue weighted by Gasteiger charge is -2.20. The van der Waals surface area contributed by atoms with Crippen LogP contribution in [0.25, 0.3) is 0 Å². The third-order valence-electron chi connectivity index (χ3n) is 2.70. The lowest BCUT2D eigenvalue weighted by Crippen LogP contribution is -2.34. The second-order valence-corrected chi connectivity index (χ2v) is 3.56. The van der Waals surface area contributed by atoms with E-state index in [-0.39, 0.29) is 5.91 Å². The molecule has 1 aromatic carbocycles. The largest absolute Gasteiger partial charge is 0.292 e. The molecule has 0 saturated heterocycles. The van der Waals surface area contributed by atoms with Gasteiger partial charge in [-0.25, -0.2) is 0 Å². The Balaban J connectivity index is 2.23. The van der Waals surface area contributed by atoms with E-state index in [4.69, 9.17) is 0 Å². The average Bonchev–Trinajstić information content (AvgIpc) is 2.55. The van der Waals surface area contributed by atoms with Crippen molar-refractivity contribution in [2.24, 2.45) is 4.99 Å². The van der Waals surface area contributed by atoms with Crippen LogP contribution in [0.15, 0.2) is 29.3 Å². The van der Waals surface area contributed by atoms with Crippen molar-refractivity contribution in [2.45, 2.75) is 6.42 Å². The van der Waals surface area contributed by atoms with Crippen LogP contribution in [0.3, 0.4) is 0 Å². The first kappa shape index (κ1) is 7.74. The molecule has 3 nitrogen and oxygen atoms in total. The van der Waals surface area contributed by atoms with Crippen molar-refractivity contribution in [3.63, 3.8) is 0 Å². The minimum atomic E-state index is 0.110. The number of aliphatic imine (C=N–C) groups is 1. The molecule has 0 aliphatic carbocycles. The van der Waals surface area contributed by atoms with E-state index in [1.165, 1.54) is 0 Å². The number of amidine groups is 1. The van der Waals surface area contributed by atoms with E-state index in [1.54, 1.807) is 4.90 Å². The first-order valence-corrected chi connectivity index (χ1v) is 4.83. The number of fused-ring (bicyclic) bond motifs is 3. The zero-order chi connectivity index (χ0) is 9.54. The molecule has 14 heavy (non-hydrogen) atoms. The molecule has 0 aromatic heterocycles. The SMILES string of the molecule is O=C1c2ccccc2C2=NCCCN12. The summed E-state index contributed by atoms with van der Waals surface area (Å²) in [5, 5.41) is 0. The number of hydrogen-bond donors (Lipinski definition) is 0. The Kier molecular flexibility index (Phi) is 1.48. The number of amides is 1. The summed E-state index contributed by atoms with van der Waals surface area (Å²) in [6.45, 7) is 1.65. The maximum absolute atomic E-state index is 11.9. The Morgan fingerprint density at radius 3 is 2.86 bits per heavy atom. The summed E-state index contributed by atoms with van der Waals surface area (Å²) in [5.41, 5.74) is 1.80. The van der Waals surface area contributed by atoms with Gasteiger partial charge in [-0.05, 0) is 12.5 Å². The summed E-state index contributed by atoms with van der Waals surface area (Å²) in [6.07, 6.45) is 0.975. The number of carbonyl (C=O) groups is 1. The molecule has 0 radical (unpaired) electrons. The van der Waals surface area contributed by atoms with E-state index < -0.39 is 0 Å². The molecule has 0 saturated carbocycles. The molecule has 0 spiro atoms. The summed E-state index contributed by atoms with van der Waals surface area (Å²) >= 11 is 0. The van der Waals surface area contributed by atoms with Crippen LogP contribution in [0.4, 0.5) is 0 Å². The molecule has 3 rings (SSSR count). The Hall–Kier alpha value is -1.64. The Labute approximate surface area is 82.1 Å². The average molecular weight is 186 g/mol. The predicted octanol–water partition coefficient (Wildman–Crippen LogP) is 1.29. The van der Waals surface area contributed by atoms with Gasteiger partial charge >= 0.3 is 0 Å². The fraction of sp³-hybridized carbons (Fsp3) is 0.273. The molecule has 1 amide bonds. The zero-order valence-corrected chi connectivity index (χ0v) is 7.73. The number of hydrogen-bond acceptors (Lipinski definition) is 2. The molecule has 0 atom stereocenters. The summed E-state index contributed by atoms with van der Waals surface area (Å²) in [6, 6.07) is 7.69. The van der Waals surface area contributed by atoms with Gasteiger partial charge in [-0.1, -0.05) is 18.2 Å². The highest BCUT2D eigenvalue weighted by molar-refractivity contribution is 6.23. The van der Waals surface area contributed by atoms with Crippen LogP contribution < -0.4 is 0 Å². The van der Waals surface area contributed by atoms with E-state index in [0.717, 1.165) is 36.5 Å². The fourth-order valence-electron chi connectivity index (χ4n) is 2.04. The standard InChI is InChI=1S/C11H10N2O/c14-11-9-5-2-1-4-8(9)10-12-6-3-7-13(10)11/h1-2,4-5H,3,6-7H2. The molecular formula is C11H10N2O. The lowest BCUT2D eigenvalue weighted by atomic mass is 10.1. The summed E-state index contributed by atoms with van der Waals surface area (Å²) < 4.78 is 0. The number of carbonyl (C=O) groups excluding carboxylic acids is 1. The fourth-order valence-corrected chi connectivity index (χ4v) is 2.04. The third-order valence-corrected chi connectivity index (χ3v) is 2.70. The number of nitrogens with zero attached hydrogens (tertiary/aromatic N) is 2. The topological polar surface area (TPSA) is 32.7 Å². The van der Waals surface area contributed by atoms with Crippen molar-refractivity contribution in [3.05, 3.63) is 35.4 Å². The Bertz CT molecular complexity index is 437. The molecule has 2 heterocycles. The van der Waals surface area contributed by atoms with Gasteiger partial charge in [0.15, 0.2) is 0 Å². The van der Waals surface area contributed by atoms with Crippen LogP contribution >= 0.6 is 0 Å². The molecule has 0 bridgehead atoms. The van der Waals surface area contributed by atoms with Crippen LogP contribution in [-0.4, -0.2) is 29.7 Å². The van der Waals surface area contributed by atoms with E-state index in [9.17, 15) is 4.79 Å². The Morgan fingerprint density at radius 1 is 1.21 bits per heavy atom. The van der Waals surface area contributed by atoms with Crippen molar-refractivity contribution in [1.29, 1.82) is 0 Å². The minimum Gasteiger partial charge on any atom is -0.292 e. The highest BCUT2D eigenvalue weighted by atomic mass is 16.2. The van der Waals surface area contributed by atoms with Crippen LogP contribution in [-0.2, 0) is 0 Å². The van der Waals surface area contributed by atoms with Gasteiger partial charge in [0.05, 0.1) is 5.56 Å². The van der Waals surface area contributed by atoms with Crippen molar-refractivity contribution < 1.29 is 4.79 Å². The Morgan fingerprint density at radius 2 is 2.00 bits per heavy atom. The first-order chi connectivity index (χ1) is 6.88. The molecule has 0 unspecified atom stereocenters. The van der Waals surface area contributed by atoms with E-state index in [1.807, 2.05) is 24.3 Å². The summed E-state index contributed by atoms with van der Waals surface area (Å²) in [4.78, 5) is 18.1. The van der Waals surface area contributed by atoms with Gasteiger partial charge < -0.3 is 0 Å². The molecule has 2 aliphatic heterocycles. The van der Waals surface area contributed by atoms with Crippen molar-refractivity contribution >= 4 is 11.7 Å². The van der Waals surface area contributed by atoms with Crippen molar-refractivity contribution in [3.8, 4) is 0 Å². The maximum atomic E-state index is 11.9. The van der Waals surface area contributed by atoms with Gasteiger partial charge in [0.25, 0.3) is 5.91 Å². The highest BCUT2D eigenvalue weighted by Gasteiger charge is 2.33. The smallest absolute Gasteiger partial charge is 0.260 e. The first-order valence-electron chi connectivity index (χ1n) is 4.83. The molecule has 0 N–H and O–H groups in total. The van der Waals surface area contributed by atoms with Crippen LogP contribution in [0, 0.1) is 0 Å². The predicted molar refractivity (Wildman–Crippen MR) is 53.5 cm³/mol. The summed E-state index contributed by atoms with van der Waals surface area (Å²) in [7, 11) is 0. The van der Waals surface area contributed by atoms with Gasteiger partial charge in [0.2, 0.25) is 0 Å². The molecule has 0 fully saturated rings.